The Kier molecular flexibility index (Phi) is 6.77. The predicted molar refractivity (Wildman–Crippen MR) is 107 cm³/mol. The number of ether oxygens (including phenoxy) is 2. The molecule has 2 aromatic carbocycles. The third-order valence-corrected chi connectivity index (χ3v) is 5.09. The number of esters is 2. The quantitative estimate of drug-likeness (QED) is 0.573. The Morgan fingerprint density at radius 1 is 0.793 bits per heavy atom. The van der Waals surface area contributed by atoms with Gasteiger partial charge in [-0.1, -0.05) is 60.7 Å². The van der Waals surface area contributed by atoms with Crippen LogP contribution in [0.3, 0.4) is 0 Å². The van der Waals surface area contributed by atoms with Crippen LogP contribution in [0.25, 0.3) is 0 Å². The monoisotopic (exact) mass is 395 g/mol. The van der Waals surface area contributed by atoms with Gasteiger partial charge in [0.25, 0.3) is 0 Å². The van der Waals surface area contributed by atoms with Gasteiger partial charge >= 0.3 is 11.9 Å². The Morgan fingerprint density at radius 2 is 1.31 bits per heavy atom. The van der Waals surface area contributed by atoms with Crippen LogP contribution in [0.5, 0.6) is 0 Å². The zero-order valence-electron chi connectivity index (χ0n) is 16.5. The molecule has 0 saturated carbocycles. The molecule has 1 fully saturated rings. The zero-order valence-corrected chi connectivity index (χ0v) is 16.5. The molecule has 29 heavy (non-hydrogen) atoms. The maximum Gasteiger partial charge on any atom is 0.323 e. The van der Waals surface area contributed by atoms with Crippen LogP contribution in [0.4, 0.5) is 0 Å². The van der Waals surface area contributed by atoms with Gasteiger partial charge in [-0.05, 0) is 19.4 Å². The molecule has 0 radical (unpaired) electrons. The van der Waals surface area contributed by atoms with Crippen LogP contribution in [-0.4, -0.2) is 43.0 Å². The van der Waals surface area contributed by atoms with Gasteiger partial charge in [0.05, 0.1) is 19.1 Å². The molecule has 1 heterocycles. The minimum Gasteiger partial charge on any atom is -0.465 e. The lowest BCUT2D eigenvalue weighted by molar-refractivity contribution is -0.147. The van der Waals surface area contributed by atoms with Gasteiger partial charge in [0.1, 0.15) is 12.1 Å². The van der Waals surface area contributed by atoms with Crippen molar-refractivity contribution in [2.24, 2.45) is 5.92 Å². The van der Waals surface area contributed by atoms with E-state index in [0.29, 0.717) is 5.56 Å². The van der Waals surface area contributed by atoms with Crippen LogP contribution in [0.15, 0.2) is 60.7 Å². The number of benzene rings is 2. The van der Waals surface area contributed by atoms with Gasteiger partial charge in [-0.25, -0.2) is 0 Å². The zero-order chi connectivity index (χ0) is 20.8. The highest BCUT2D eigenvalue weighted by Gasteiger charge is 2.53. The predicted octanol–water partition coefficient (Wildman–Crippen LogP) is 2.74. The van der Waals surface area contributed by atoms with Gasteiger partial charge in [0, 0.05) is 11.5 Å². The van der Waals surface area contributed by atoms with Crippen LogP contribution in [0.2, 0.25) is 0 Å². The minimum absolute atomic E-state index is 0.184. The summed E-state index contributed by atoms with van der Waals surface area (Å²) >= 11 is 0. The van der Waals surface area contributed by atoms with Crippen LogP contribution in [0.1, 0.15) is 35.7 Å². The van der Waals surface area contributed by atoms with Crippen LogP contribution < -0.4 is 5.32 Å². The van der Waals surface area contributed by atoms with Crippen molar-refractivity contribution < 1.29 is 23.9 Å². The topological polar surface area (TPSA) is 81.7 Å². The first kappa shape index (κ1) is 20.7. The number of hydrogen-bond acceptors (Lipinski definition) is 6. The lowest BCUT2D eigenvalue weighted by Gasteiger charge is -2.24. The second-order valence-electron chi connectivity index (χ2n) is 6.82. The molecule has 4 atom stereocenters. The summed E-state index contributed by atoms with van der Waals surface area (Å²) in [6.07, 6.45) is 0. The van der Waals surface area contributed by atoms with Gasteiger partial charge in [-0.15, -0.1) is 0 Å². The Hall–Kier alpha value is -2.99. The molecular formula is C23H25NO5. The van der Waals surface area contributed by atoms with Gasteiger partial charge in [0.2, 0.25) is 0 Å². The van der Waals surface area contributed by atoms with Crippen LogP contribution in [-0.2, 0) is 19.1 Å². The lowest BCUT2D eigenvalue weighted by atomic mass is 9.77. The molecule has 0 spiro atoms. The van der Waals surface area contributed by atoms with E-state index in [1.807, 2.05) is 36.4 Å². The third-order valence-electron chi connectivity index (χ3n) is 5.09. The molecule has 1 aliphatic rings. The highest BCUT2D eigenvalue weighted by Crippen LogP contribution is 2.39. The molecule has 3 rings (SSSR count). The second-order valence-corrected chi connectivity index (χ2v) is 6.82. The van der Waals surface area contributed by atoms with E-state index in [0.717, 1.165) is 5.56 Å². The maximum atomic E-state index is 13.5. The van der Waals surface area contributed by atoms with Crippen molar-refractivity contribution in [2.75, 3.05) is 13.2 Å². The van der Waals surface area contributed by atoms with E-state index in [1.54, 1.807) is 38.1 Å². The smallest absolute Gasteiger partial charge is 0.323 e. The number of hydrogen-bond donors (Lipinski definition) is 1. The molecule has 1 N–H and O–H groups in total. The summed E-state index contributed by atoms with van der Waals surface area (Å²) in [4.78, 5) is 38.9. The van der Waals surface area contributed by atoms with Gasteiger partial charge < -0.3 is 9.47 Å². The number of nitrogens with one attached hydrogen (secondary N) is 1. The average molecular weight is 395 g/mol. The van der Waals surface area contributed by atoms with Crippen molar-refractivity contribution in [1.82, 2.24) is 5.32 Å². The first-order valence-corrected chi connectivity index (χ1v) is 9.82. The number of carbonyl (C=O) groups is 3. The largest absolute Gasteiger partial charge is 0.465 e. The summed E-state index contributed by atoms with van der Waals surface area (Å²) in [5.74, 6) is -2.60. The van der Waals surface area contributed by atoms with Crippen LogP contribution >= 0.6 is 0 Å². The summed E-state index contributed by atoms with van der Waals surface area (Å²) < 4.78 is 10.4. The van der Waals surface area contributed by atoms with E-state index in [-0.39, 0.29) is 19.0 Å². The highest BCUT2D eigenvalue weighted by molar-refractivity contribution is 6.03. The van der Waals surface area contributed by atoms with Crippen molar-refractivity contribution in [3.8, 4) is 0 Å². The van der Waals surface area contributed by atoms with Crippen molar-refractivity contribution in [3.63, 3.8) is 0 Å². The van der Waals surface area contributed by atoms with E-state index in [9.17, 15) is 14.4 Å². The number of ketones is 1. The van der Waals surface area contributed by atoms with Crippen molar-refractivity contribution in [3.05, 3.63) is 71.8 Å². The van der Waals surface area contributed by atoms with E-state index < -0.39 is 35.9 Å². The van der Waals surface area contributed by atoms with Gasteiger partial charge in [-0.2, -0.15) is 0 Å². The van der Waals surface area contributed by atoms with Crippen molar-refractivity contribution in [2.45, 2.75) is 31.8 Å². The van der Waals surface area contributed by atoms with Crippen LogP contribution in [0, 0.1) is 5.92 Å². The second kappa shape index (κ2) is 9.47. The molecule has 0 aromatic heterocycles. The van der Waals surface area contributed by atoms with E-state index in [1.165, 1.54) is 0 Å². The molecule has 0 aliphatic carbocycles. The number of rotatable bonds is 7. The third kappa shape index (κ3) is 4.38. The standard InChI is InChI=1S/C23H25NO5/c1-3-28-22(26)19-17(15-11-7-5-8-12-15)18(20(24-19)23(27)29-4-2)21(25)16-13-9-6-10-14-16/h5-14,17-20,24H,3-4H2,1-2H3. The summed E-state index contributed by atoms with van der Waals surface area (Å²) in [5.41, 5.74) is 1.28. The fourth-order valence-corrected chi connectivity index (χ4v) is 3.89. The van der Waals surface area contributed by atoms with Crippen molar-refractivity contribution >= 4 is 17.7 Å². The SMILES string of the molecule is CCOC(=O)C1NC(C(=O)OCC)C(c2ccccc2)C1C(=O)c1ccccc1. The Balaban J connectivity index is 2.08. The molecule has 1 aliphatic heterocycles. The number of carbonyl (C=O) groups excluding carboxylic acids is 3. The molecule has 152 valence electrons. The summed E-state index contributed by atoms with van der Waals surface area (Å²) in [6, 6.07) is 16.3. The molecule has 6 nitrogen and oxygen atoms in total. The lowest BCUT2D eigenvalue weighted by Crippen LogP contribution is -2.44. The van der Waals surface area contributed by atoms with Gasteiger partial charge in [-0.3, -0.25) is 19.7 Å². The Bertz CT molecular complexity index is 852. The average Bonchev–Trinajstić information content (AvgIpc) is 3.15. The maximum absolute atomic E-state index is 13.5. The highest BCUT2D eigenvalue weighted by atomic mass is 16.5. The van der Waals surface area contributed by atoms with Crippen molar-refractivity contribution in [1.29, 1.82) is 0 Å². The fourth-order valence-electron chi connectivity index (χ4n) is 3.89. The molecule has 1 saturated heterocycles. The first-order chi connectivity index (χ1) is 14.1. The minimum atomic E-state index is -0.942. The molecule has 6 heteroatoms. The molecule has 2 aromatic rings. The molecule has 0 bridgehead atoms. The fraction of sp³-hybridized carbons (Fsp3) is 0.348. The Morgan fingerprint density at radius 3 is 1.86 bits per heavy atom. The van der Waals surface area contributed by atoms with E-state index >= 15 is 0 Å². The molecule has 0 amide bonds. The van der Waals surface area contributed by atoms with E-state index in [4.69, 9.17) is 9.47 Å². The summed E-state index contributed by atoms with van der Waals surface area (Å²) in [7, 11) is 0. The summed E-state index contributed by atoms with van der Waals surface area (Å²) in [5, 5.41) is 3.04. The normalized spacial score (nSPS) is 23.4. The molecule has 4 unspecified atom stereocenters. The van der Waals surface area contributed by atoms with Gasteiger partial charge in [0.15, 0.2) is 5.78 Å². The van der Waals surface area contributed by atoms with E-state index in [2.05, 4.69) is 5.32 Å². The molecular weight excluding hydrogens is 370 g/mol. The first-order valence-electron chi connectivity index (χ1n) is 9.82. The number of Topliss-reactive ketones (excluding diaryl/α,β-unsaturated/α-hetero) is 1. The summed E-state index contributed by atoms with van der Waals surface area (Å²) in [6.45, 7) is 3.82. The Labute approximate surface area is 170 Å².